The fraction of sp³-hybridized carbons (Fsp3) is 0.533. The summed E-state index contributed by atoms with van der Waals surface area (Å²) < 4.78 is 11.2. The van der Waals surface area contributed by atoms with Gasteiger partial charge in [-0.2, -0.15) is 5.26 Å². The third-order valence-electron chi connectivity index (χ3n) is 3.48. The summed E-state index contributed by atoms with van der Waals surface area (Å²) in [4.78, 5) is 2.19. The van der Waals surface area contributed by atoms with E-state index in [2.05, 4.69) is 17.9 Å². The summed E-state index contributed by atoms with van der Waals surface area (Å²) in [6.07, 6.45) is 1.91. The van der Waals surface area contributed by atoms with Gasteiger partial charge in [0, 0.05) is 11.6 Å². The molecule has 4 nitrogen and oxygen atoms in total. The second-order valence-corrected chi connectivity index (χ2v) is 4.73. The lowest BCUT2D eigenvalue weighted by Crippen LogP contribution is -2.43. The fourth-order valence-corrected chi connectivity index (χ4v) is 2.56. The molecule has 1 aromatic carbocycles. The van der Waals surface area contributed by atoms with Gasteiger partial charge in [0.05, 0.1) is 19.7 Å². The Morgan fingerprint density at radius 2 is 2.37 bits per heavy atom. The van der Waals surface area contributed by atoms with Crippen molar-refractivity contribution < 1.29 is 9.47 Å². The van der Waals surface area contributed by atoms with E-state index in [0.717, 1.165) is 36.4 Å². The Balaban J connectivity index is 2.18. The summed E-state index contributed by atoms with van der Waals surface area (Å²) in [6, 6.07) is 8.37. The molecule has 0 bridgehead atoms. The maximum absolute atomic E-state index is 8.93. The van der Waals surface area contributed by atoms with Gasteiger partial charge in [0.15, 0.2) is 0 Å². The Bertz CT molecular complexity index is 453. The highest BCUT2D eigenvalue weighted by Crippen LogP contribution is 2.33. The molecule has 4 heteroatoms. The van der Waals surface area contributed by atoms with Crippen LogP contribution in [0.3, 0.4) is 0 Å². The smallest absolute Gasteiger partial charge is 0.126 e. The minimum atomic E-state index is 0.253. The maximum Gasteiger partial charge on any atom is 0.126 e. The molecule has 0 N–H and O–H groups in total. The molecule has 0 spiro atoms. The van der Waals surface area contributed by atoms with Crippen LogP contribution in [0.2, 0.25) is 0 Å². The van der Waals surface area contributed by atoms with Crippen molar-refractivity contribution in [2.75, 3.05) is 26.8 Å². The number of rotatable bonds is 5. The van der Waals surface area contributed by atoms with Crippen LogP contribution in [0.25, 0.3) is 0 Å². The second-order valence-electron chi connectivity index (χ2n) is 4.73. The highest BCUT2D eigenvalue weighted by atomic mass is 16.5. The molecule has 0 aliphatic carbocycles. The number of nitrogens with zero attached hydrogens (tertiary/aromatic N) is 2. The largest absolute Gasteiger partial charge is 0.496 e. The van der Waals surface area contributed by atoms with Crippen LogP contribution in [0.5, 0.6) is 11.5 Å². The minimum absolute atomic E-state index is 0.253. The second kappa shape index (κ2) is 6.44. The van der Waals surface area contributed by atoms with E-state index in [4.69, 9.17) is 14.7 Å². The van der Waals surface area contributed by atoms with Crippen molar-refractivity contribution >= 4 is 0 Å². The van der Waals surface area contributed by atoms with Crippen molar-refractivity contribution in [1.29, 1.82) is 5.26 Å². The maximum atomic E-state index is 8.93. The zero-order valence-electron chi connectivity index (χ0n) is 11.6. The molecule has 0 fully saturated rings. The van der Waals surface area contributed by atoms with Gasteiger partial charge in [0.2, 0.25) is 0 Å². The first-order chi connectivity index (χ1) is 9.30. The van der Waals surface area contributed by atoms with Gasteiger partial charge in [-0.05, 0) is 31.5 Å². The van der Waals surface area contributed by atoms with Crippen LogP contribution in [0.4, 0.5) is 0 Å². The molecule has 0 saturated carbocycles. The lowest BCUT2D eigenvalue weighted by molar-refractivity contribution is 0.130. The third kappa shape index (κ3) is 2.99. The Kier molecular flexibility index (Phi) is 4.64. The van der Waals surface area contributed by atoms with Gasteiger partial charge >= 0.3 is 0 Å². The highest BCUT2D eigenvalue weighted by Gasteiger charge is 2.26. The fourth-order valence-electron chi connectivity index (χ4n) is 2.56. The van der Waals surface area contributed by atoms with Crippen LogP contribution in [-0.4, -0.2) is 37.7 Å². The monoisotopic (exact) mass is 260 g/mol. The summed E-state index contributed by atoms with van der Waals surface area (Å²) in [7, 11) is 1.68. The van der Waals surface area contributed by atoms with Gasteiger partial charge in [-0.3, -0.25) is 4.90 Å². The van der Waals surface area contributed by atoms with Crippen LogP contribution < -0.4 is 9.47 Å². The zero-order chi connectivity index (χ0) is 13.7. The lowest BCUT2D eigenvalue weighted by Gasteiger charge is -2.34. The van der Waals surface area contributed by atoms with Crippen LogP contribution in [0, 0.1) is 11.3 Å². The van der Waals surface area contributed by atoms with E-state index >= 15 is 0 Å². The standard InChI is InChI=1S/C15H20N2O2/c1-3-8-17(9-7-16)12-10-13-14(18-2)5-4-6-15(13)19-11-12/h4-6,12H,3,8-11H2,1-2H3/t12-/m0/s1. The first-order valence-electron chi connectivity index (χ1n) is 6.69. The molecular weight excluding hydrogens is 240 g/mol. The average molecular weight is 260 g/mol. The topological polar surface area (TPSA) is 45.5 Å². The van der Waals surface area contributed by atoms with Crippen LogP contribution in [0.15, 0.2) is 18.2 Å². The number of hydrogen-bond donors (Lipinski definition) is 0. The van der Waals surface area contributed by atoms with Crippen LogP contribution in [-0.2, 0) is 6.42 Å². The normalized spacial score (nSPS) is 17.5. The van der Waals surface area contributed by atoms with E-state index in [1.54, 1.807) is 7.11 Å². The molecule has 1 aliphatic heterocycles. The number of nitriles is 1. The van der Waals surface area contributed by atoms with Gasteiger partial charge in [-0.25, -0.2) is 0 Å². The Morgan fingerprint density at radius 1 is 1.53 bits per heavy atom. The molecule has 1 heterocycles. The van der Waals surface area contributed by atoms with Gasteiger partial charge < -0.3 is 9.47 Å². The van der Waals surface area contributed by atoms with E-state index in [9.17, 15) is 0 Å². The molecular formula is C15H20N2O2. The summed E-state index contributed by atoms with van der Waals surface area (Å²) in [5, 5.41) is 8.93. The first kappa shape index (κ1) is 13.7. The Labute approximate surface area is 114 Å². The molecule has 1 aliphatic rings. The number of hydrogen-bond acceptors (Lipinski definition) is 4. The van der Waals surface area contributed by atoms with Gasteiger partial charge in [-0.15, -0.1) is 0 Å². The predicted molar refractivity (Wildman–Crippen MR) is 73.5 cm³/mol. The lowest BCUT2D eigenvalue weighted by atomic mass is 10.00. The zero-order valence-corrected chi connectivity index (χ0v) is 11.6. The van der Waals surface area contributed by atoms with Crippen molar-refractivity contribution in [3.63, 3.8) is 0 Å². The van der Waals surface area contributed by atoms with Crippen LogP contribution in [0.1, 0.15) is 18.9 Å². The average Bonchev–Trinajstić information content (AvgIpc) is 2.46. The minimum Gasteiger partial charge on any atom is -0.496 e. The van der Waals surface area contributed by atoms with Gasteiger partial charge in [0.1, 0.15) is 18.1 Å². The molecule has 0 aromatic heterocycles. The molecule has 1 aromatic rings. The quantitative estimate of drug-likeness (QED) is 0.762. The van der Waals surface area contributed by atoms with Crippen molar-refractivity contribution in [3.05, 3.63) is 23.8 Å². The first-order valence-corrected chi connectivity index (χ1v) is 6.69. The SMILES string of the molecule is CCCN(CC#N)[C@@H]1COc2cccc(OC)c2C1. The van der Waals surface area contributed by atoms with Crippen molar-refractivity contribution in [2.24, 2.45) is 0 Å². The van der Waals surface area contributed by atoms with Crippen LogP contribution >= 0.6 is 0 Å². The van der Waals surface area contributed by atoms with Crippen molar-refractivity contribution in [3.8, 4) is 17.6 Å². The van der Waals surface area contributed by atoms with E-state index in [-0.39, 0.29) is 6.04 Å². The predicted octanol–water partition coefficient (Wildman–Crippen LogP) is 2.23. The molecule has 0 unspecified atom stereocenters. The number of methoxy groups -OCH3 is 1. The highest BCUT2D eigenvalue weighted by molar-refractivity contribution is 5.46. The van der Waals surface area contributed by atoms with Gasteiger partial charge in [-0.1, -0.05) is 13.0 Å². The van der Waals surface area contributed by atoms with Crippen molar-refractivity contribution in [1.82, 2.24) is 4.90 Å². The molecule has 0 radical (unpaired) electrons. The van der Waals surface area contributed by atoms with Crippen molar-refractivity contribution in [2.45, 2.75) is 25.8 Å². The number of fused-ring (bicyclic) bond motifs is 1. The molecule has 1 atom stereocenters. The van der Waals surface area contributed by atoms with Gasteiger partial charge in [0.25, 0.3) is 0 Å². The Morgan fingerprint density at radius 3 is 3.05 bits per heavy atom. The summed E-state index contributed by atoms with van der Waals surface area (Å²) in [5.41, 5.74) is 1.11. The summed E-state index contributed by atoms with van der Waals surface area (Å²) in [5.74, 6) is 1.78. The molecule has 19 heavy (non-hydrogen) atoms. The molecule has 2 rings (SSSR count). The number of ether oxygens (including phenoxy) is 2. The molecule has 0 saturated heterocycles. The van der Waals surface area contributed by atoms with E-state index < -0.39 is 0 Å². The number of benzene rings is 1. The summed E-state index contributed by atoms with van der Waals surface area (Å²) >= 11 is 0. The molecule has 0 amide bonds. The van der Waals surface area contributed by atoms with E-state index in [0.29, 0.717) is 13.2 Å². The third-order valence-corrected chi connectivity index (χ3v) is 3.48. The van der Waals surface area contributed by atoms with E-state index in [1.165, 1.54) is 0 Å². The van der Waals surface area contributed by atoms with E-state index in [1.807, 2.05) is 18.2 Å². The summed E-state index contributed by atoms with van der Waals surface area (Å²) in [6.45, 7) is 4.14. The Hall–Kier alpha value is -1.73. The molecule has 102 valence electrons.